The second-order valence-corrected chi connectivity index (χ2v) is 7.46. The molecule has 0 aliphatic rings. The number of hydrogen-bond donors (Lipinski definition) is 1. The van der Waals surface area contributed by atoms with E-state index >= 15 is 0 Å². The standard InChI is InChI=1S/C22H15BrN4O/c23-14-10-11-19-16(12-14)21-22(26-18-9-5-4-8-17(18)25-21)27(19)13-20(28)24-15-6-2-1-3-7-15/h1-12H,13H2,(H,24,28). The third-order valence-corrected chi connectivity index (χ3v) is 5.16. The van der Waals surface area contributed by atoms with Crippen molar-refractivity contribution in [3.63, 3.8) is 0 Å². The van der Waals surface area contributed by atoms with Gasteiger partial charge in [0.25, 0.3) is 0 Å². The van der Waals surface area contributed by atoms with Gasteiger partial charge < -0.3 is 9.88 Å². The van der Waals surface area contributed by atoms with Gasteiger partial charge >= 0.3 is 0 Å². The molecule has 5 aromatic rings. The lowest BCUT2D eigenvalue weighted by atomic mass is 10.2. The third kappa shape index (κ3) is 2.92. The molecule has 5 nitrogen and oxygen atoms in total. The first-order chi connectivity index (χ1) is 13.7. The summed E-state index contributed by atoms with van der Waals surface area (Å²) in [7, 11) is 0. The molecule has 2 heterocycles. The highest BCUT2D eigenvalue weighted by molar-refractivity contribution is 9.10. The molecule has 0 bridgehead atoms. The Morgan fingerprint density at radius 2 is 1.64 bits per heavy atom. The molecule has 0 saturated heterocycles. The first-order valence-electron chi connectivity index (χ1n) is 8.88. The van der Waals surface area contributed by atoms with Crippen molar-refractivity contribution in [1.29, 1.82) is 0 Å². The van der Waals surface area contributed by atoms with Crippen molar-refractivity contribution in [2.75, 3.05) is 5.32 Å². The summed E-state index contributed by atoms with van der Waals surface area (Å²) in [5.74, 6) is -0.108. The number of para-hydroxylation sites is 3. The fraction of sp³-hybridized carbons (Fsp3) is 0.0455. The van der Waals surface area contributed by atoms with Gasteiger partial charge in [-0.2, -0.15) is 0 Å². The highest BCUT2D eigenvalue weighted by Gasteiger charge is 2.17. The van der Waals surface area contributed by atoms with E-state index in [9.17, 15) is 4.79 Å². The molecule has 2 aromatic heterocycles. The van der Waals surface area contributed by atoms with Crippen molar-refractivity contribution in [2.45, 2.75) is 6.54 Å². The van der Waals surface area contributed by atoms with Gasteiger partial charge in [0, 0.05) is 15.5 Å². The van der Waals surface area contributed by atoms with Crippen LogP contribution in [-0.2, 0) is 11.3 Å². The molecule has 5 rings (SSSR count). The van der Waals surface area contributed by atoms with E-state index in [-0.39, 0.29) is 12.5 Å². The van der Waals surface area contributed by atoms with Gasteiger partial charge in [-0.25, -0.2) is 9.97 Å². The predicted octanol–water partition coefficient (Wildman–Crippen LogP) is 5.14. The summed E-state index contributed by atoms with van der Waals surface area (Å²) >= 11 is 3.54. The normalized spacial score (nSPS) is 11.3. The molecule has 136 valence electrons. The summed E-state index contributed by atoms with van der Waals surface area (Å²) < 4.78 is 2.89. The maximum atomic E-state index is 12.7. The van der Waals surface area contributed by atoms with E-state index in [1.165, 1.54) is 0 Å². The number of hydrogen-bond acceptors (Lipinski definition) is 3. The van der Waals surface area contributed by atoms with Crippen LogP contribution in [0.15, 0.2) is 77.3 Å². The molecule has 0 fully saturated rings. The number of rotatable bonds is 3. The van der Waals surface area contributed by atoms with Gasteiger partial charge in [-0.05, 0) is 42.5 Å². The van der Waals surface area contributed by atoms with Crippen LogP contribution < -0.4 is 5.32 Å². The number of nitrogens with zero attached hydrogens (tertiary/aromatic N) is 3. The van der Waals surface area contributed by atoms with Gasteiger partial charge in [-0.15, -0.1) is 0 Å². The number of halogens is 1. The zero-order valence-corrected chi connectivity index (χ0v) is 16.3. The lowest BCUT2D eigenvalue weighted by molar-refractivity contribution is -0.116. The van der Waals surface area contributed by atoms with Crippen molar-refractivity contribution in [3.8, 4) is 0 Å². The smallest absolute Gasteiger partial charge is 0.244 e. The Kier molecular flexibility index (Phi) is 4.06. The van der Waals surface area contributed by atoms with Crippen LogP contribution in [-0.4, -0.2) is 20.4 Å². The third-order valence-electron chi connectivity index (χ3n) is 4.67. The number of aromatic nitrogens is 3. The molecule has 0 saturated carbocycles. The minimum atomic E-state index is -0.108. The molecular weight excluding hydrogens is 416 g/mol. The van der Waals surface area contributed by atoms with E-state index in [2.05, 4.69) is 21.2 Å². The first kappa shape index (κ1) is 16.9. The number of anilines is 1. The van der Waals surface area contributed by atoms with Crippen molar-refractivity contribution < 1.29 is 4.79 Å². The molecule has 28 heavy (non-hydrogen) atoms. The quantitative estimate of drug-likeness (QED) is 0.431. The van der Waals surface area contributed by atoms with Crippen molar-refractivity contribution >= 4 is 60.6 Å². The first-order valence-corrected chi connectivity index (χ1v) is 9.67. The summed E-state index contributed by atoms with van der Waals surface area (Å²) in [6, 6.07) is 23.2. The number of carbonyl (C=O) groups excluding carboxylic acids is 1. The zero-order valence-electron chi connectivity index (χ0n) is 14.8. The second-order valence-electron chi connectivity index (χ2n) is 6.55. The topological polar surface area (TPSA) is 59.8 Å². The maximum Gasteiger partial charge on any atom is 0.244 e. The van der Waals surface area contributed by atoms with E-state index in [0.29, 0.717) is 5.65 Å². The van der Waals surface area contributed by atoms with Gasteiger partial charge in [-0.1, -0.05) is 46.3 Å². The Balaban J connectivity index is 1.67. The van der Waals surface area contributed by atoms with Crippen molar-refractivity contribution in [3.05, 3.63) is 77.3 Å². The molecule has 0 atom stereocenters. The van der Waals surface area contributed by atoms with Gasteiger partial charge in [0.05, 0.1) is 16.6 Å². The average Bonchev–Trinajstić information content (AvgIpc) is 2.99. The molecular formula is C22H15BrN4O. The zero-order chi connectivity index (χ0) is 19.1. The van der Waals surface area contributed by atoms with Crippen LogP contribution in [0.1, 0.15) is 0 Å². The van der Waals surface area contributed by atoms with Gasteiger partial charge in [0.1, 0.15) is 12.1 Å². The number of benzene rings is 3. The predicted molar refractivity (Wildman–Crippen MR) is 115 cm³/mol. The van der Waals surface area contributed by atoms with Crippen molar-refractivity contribution in [2.24, 2.45) is 0 Å². The molecule has 0 aliphatic heterocycles. The number of carbonyl (C=O) groups is 1. The summed E-state index contributed by atoms with van der Waals surface area (Å²) in [4.78, 5) is 22.3. The monoisotopic (exact) mass is 430 g/mol. The lowest BCUT2D eigenvalue weighted by Gasteiger charge is -2.08. The van der Waals surface area contributed by atoms with Crippen LogP contribution in [0.3, 0.4) is 0 Å². The van der Waals surface area contributed by atoms with Crippen LogP contribution in [0.4, 0.5) is 5.69 Å². The minimum absolute atomic E-state index is 0.108. The van der Waals surface area contributed by atoms with Crippen LogP contribution in [0.2, 0.25) is 0 Å². The maximum absolute atomic E-state index is 12.7. The lowest BCUT2D eigenvalue weighted by Crippen LogP contribution is -2.18. The van der Waals surface area contributed by atoms with E-state index in [0.717, 1.165) is 37.6 Å². The fourth-order valence-electron chi connectivity index (χ4n) is 3.43. The molecule has 1 amide bonds. The van der Waals surface area contributed by atoms with Gasteiger partial charge in [0.15, 0.2) is 5.65 Å². The summed E-state index contributed by atoms with van der Waals surface area (Å²) in [5.41, 5.74) is 4.84. The fourth-order valence-corrected chi connectivity index (χ4v) is 3.79. The van der Waals surface area contributed by atoms with Crippen LogP contribution in [0, 0.1) is 0 Å². The highest BCUT2D eigenvalue weighted by Crippen LogP contribution is 2.30. The molecule has 0 radical (unpaired) electrons. The number of amides is 1. The Bertz CT molecular complexity index is 1340. The minimum Gasteiger partial charge on any atom is -0.325 e. The Morgan fingerprint density at radius 3 is 2.43 bits per heavy atom. The molecule has 0 aliphatic carbocycles. The van der Waals surface area contributed by atoms with Crippen LogP contribution >= 0.6 is 15.9 Å². The number of nitrogens with one attached hydrogen (secondary N) is 1. The molecule has 3 aromatic carbocycles. The molecule has 1 N–H and O–H groups in total. The number of fused-ring (bicyclic) bond motifs is 4. The van der Waals surface area contributed by atoms with Gasteiger partial charge in [-0.3, -0.25) is 4.79 Å². The van der Waals surface area contributed by atoms with E-state index < -0.39 is 0 Å². The van der Waals surface area contributed by atoms with Crippen LogP contribution in [0.25, 0.3) is 33.1 Å². The Hall–Kier alpha value is -3.25. The largest absolute Gasteiger partial charge is 0.325 e. The summed E-state index contributed by atoms with van der Waals surface area (Å²) in [5, 5.41) is 3.91. The van der Waals surface area contributed by atoms with E-state index in [1.54, 1.807) is 0 Å². The molecule has 6 heteroatoms. The van der Waals surface area contributed by atoms with E-state index in [1.807, 2.05) is 77.4 Å². The molecule has 0 spiro atoms. The van der Waals surface area contributed by atoms with Crippen molar-refractivity contribution in [1.82, 2.24) is 14.5 Å². The Labute approximate surface area is 169 Å². The average molecular weight is 431 g/mol. The summed E-state index contributed by atoms with van der Waals surface area (Å²) in [6.45, 7) is 0.156. The van der Waals surface area contributed by atoms with Crippen LogP contribution in [0.5, 0.6) is 0 Å². The van der Waals surface area contributed by atoms with E-state index in [4.69, 9.17) is 9.97 Å². The Morgan fingerprint density at radius 1 is 0.929 bits per heavy atom. The second kappa shape index (κ2) is 6.73. The van der Waals surface area contributed by atoms with Gasteiger partial charge in [0.2, 0.25) is 5.91 Å². The highest BCUT2D eigenvalue weighted by atomic mass is 79.9. The summed E-state index contributed by atoms with van der Waals surface area (Å²) in [6.07, 6.45) is 0. The molecule has 0 unspecified atom stereocenters. The SMILES string of the molecule is O=C(Cn1c2ccc(Br)cc2c2nc3ccccc3nc21)Nc1ccccc1.